The lowest BCUT2D eigenvalue weighted by Gasteiger charge is -2.30. The van der Waals surface area contributed by atoms with E-state index in [2.05, 4.69) is 25.4 Å². The van der Waals surface area contributed by atoms with Crippen molar-refractivity contribution < 1.29 is 5.11 Å². The minimum absolute atomic E-state index is 0.302. The van der Waals surface area contributed by atoms with Crippen molar-refractivity contribution in [2.24, 2.45) is 0 Å². The van der Waals surface area contributed by atoms with Gasteiger partial charge in [-0.25, -0.2) is 0 Å². The number of thioether (sulfide) groups is 1. The van der Waals surface area contributed by atoms with Crippen LogP contribution in [0.1, 0.15) is 38.4 Å². The maximum atomic E-state index is 10.1. The number of aliphatic hydroxyl groups is 1. The van der Waals surface area contributed by atoms with Crippen molar-refractivity contribution in [1.29, 1.82) is 0 Å². The summed E-state index contributed by atoms with van der Waals surface area (Å²) in [5, 5.41) is 13.5. The molecule has 1 aromatic carbocycles. The lowest BCUT2D eigenvalue weighted by molar-refractivity contribution is 0.173. The van der Waals surface area contributed by atoms with Gasteiger partial charge in [-0.3, -0.25) is 0 Å². The van der Waals surface area contributed by atoms with Crippen LogP contribution in [0.4, 0.5) is 0 Å². The third-order valence-corrected chi connectivity index (χ3v) is 5.28. The Labute approximate surface area is 115 Å². The van der Waals surface area contributed by atoms with Crippen LogP contribution >= 0.6 is 11.8 Å². The Hall–Kier alpha value is -0.510. The van der Waals surface area contributed by atoms with E-state index in [1.165, 1.54) is 0 Å². The van der Waals surface area contributed by atoms with Crippen LogP contribution in [0.2, 0.25) is 0 Å². The maximum Gasteiger partial charge on any atom is 0.0914 e. The van der Waals surface area contributed by atoms with Gasteiger partial charge in [-0.2, -0.15) is 11.8 Å². The van der Waals surface area contributed by atoms with Gasteiger partial charge in [0.1, 0.15) is 0 Å². The molecule has 2 nitrogen and oxygen atoms in total. The zero-order valence-electron chi connectivity index (χ0n) is 11.6. The SMILES string of the molecule is CCC(CC)(CNCC(O)c1ccccc1)SC. The van der Waals surface area contributed by atoms with E-state index in [1.807, 2.05) is 42.1 Å². The number of hydrogen-bond donors (Lipinski definition) is 2. The van der Waals surface area contributed by atoms with E-state index >= 15 is 0 Å². The van der Waals surface area contributed by atoms with Gasteiger partial charge in [0.05, 0.1) is 6.10 Å². The average Bonchev–Trinajstić information content (AvgIpc) is 2.45. The summed E-state index contributed by atoms with van der Waals surface area (Å²) in [4.78, 5) is 0. The Morgan fingerprint density at radius 1 is 1.22 bits per heavy atom. The fourth-order valence-electron chi connectivity index (χ4n) is 2.09. The molecule has 0 fully saturated rings. The molecule has 1 unspecified atom stereocenters. The first-order valence-electron chi connectivity index (χ1n) is 6.66. The third kappa shape index (κ3) is 4.30. The van der Waals surface area contributed by atoms with Crippen LogP contribution in [0.25, 0.3) is 0 Å². The molecule has 2 N–H and O–H groups in total. The van der Waals surface area contributed by atoms with Crippen LogP contribution in [-0.4, -0.2) is 29.2 Å². The fourth-order valence-corrected chi connectivity index (χ4v) is 2.91. The first-order valence-corrected chi connectivity index (χ1v) is 7.88. The van der Waals surface area contributed by atoms with Crippen LogP contribution in [0.15, 0.2) is 30.3 Å². The van der Waals surface area contributed by atoms with Crippen LogP contribution in [0.5, 0.6) is 0 Å². The zero-order chi connectivity index (χ0) is 13.4. The Kier molecular flexibility index (Phi) is 6.76. The lowest BCUT2D eigenvalue weighted by Crippen LogP contribution is -2.38. The third-order valence-electron chi connectivity index (χ3n) is 3.69. The van der Waals surface area contributed by atoms with Gasteiger partial charge in [0, 0.05) is 17.8 Å². The topological polar surface area (TPSA) is 32.3 Å². The van der Waals surface area contributed by atoms with Gasteiger partial charge in [0.15, 0.2) is 0 Å². The van der Waals surface area contributed by atoms with E-state index in [0.717, 1.165) is 24.9 Å². The van der Waals surface area contributed by atoms with Crippen molar-refractivity contribution in [3.8, 4) is 0 Å². The normalized spacial score (nSPS) is 13.6. The molecule has 1 aromatic rings. The van der Waals surface area contributed by atoms with E-state index in [4.69, 9.17) is 0 Å². The summed E-state index contributed by atoms with van der Waals surface area (Å²) in [5.41, 5.74) is 0.979. The van der Waals surface area contributed by atoms with Crippen molar-refractivity contribution >= 4 is 11.8 Å². The molecule has 0 aliphatic heterocycles. The number of nitrogens with one attached hydrogen (secondary N) is 1. The van der Waals surface area contributed by atoms with Crippen LogP contribution in [0.3, 0.4) is 0 Å². The monoisotopic (exact) mass is 267 g/mol. The second kappa shape index (κ2) is 7.82. The molecule has 0 heterocycles. The highest BCUT2D eigenvalue weighted by Crippen LogP contribution is 2.29. The zero-order valence-corrected chi connectivity index (χ0v) is 12.5. The van der Waals surface area contributed by atoms with Crippen molar-refractivity contribution in [2.45, 2.75) is 37.5 Å². The van der Waals surface area contributed by atoms with Crippen molar-refractivity contribution in [1.82, 2.24) is 5.32 Å². The molecule has 0 aliphatic carbocycles. The average molecular weight is 267 g/mol. The van der Waals surface area contributed by atoms with E-state index in [0.29, 0.717) is 11.3 Å². The molecule has 18 heavy (non-hydrogen) atoms. The minimum atomic E-state index is -0.417. The summed E-state index contributed by atoms with van der Waals surface area (Å²) in [7, 11) is 0. The second-order valence-electron chi connectivity index (χ2n) is 4.65. The van der Waals surface area contributed by atoms with Gasteiger partial charge in [-0.1, -0.05) is 44.2 Å². The molecule has 0 aliphatic rings. The number of rotatable bonds is 8. The van der Waals surface area contributed by atoms with Crippen molar-refractivity contribution in [2.75, 3.05) is 19.3 Å². The fraction of sp³-hybridized carbons (Fsp3) is 0.600. The van der Waals surface area contributed by atoms with Gasteiger partial charge in [-0.15, -0.1) is 0 Å². The largest absolute Gasteiger partial charge is 0.387 e. The molecule has 0 saturated heterocycles. The van der Waals surface area contributed by atoms with Crippen LogP contribution in [0, 0.1) is 0 Å². The molecule has 0 bridgehead atoms. The van der Waals surface area contributed by atoms with Gasteiger partial charge in [-0.05, 0) is 24.7 Å². The van der Waals surface area contributed by atoms with Gasteiger partial charge in [0.2, 0.25) is 0 Å². The lowest BCUT2D eigenvalue weighted by atomic mass is 10.0. The van der Waals surface area contributed by atoms with E-state index < -0.39 is 6.10 Å². The summed E-state index contributed by atoms with van der Waals surface area (Å²) in [6.07, 6.45) is 4.06. The summed E-state index contributed by atoms with van der Waals surface area (Å²) in [5.74, 6) is 0. The summed E-state index contributed by atoms with van der Waals surface area (Å²) < 4.78 is 0.302. The summed E-state index contributed by atoms with van der Waals surface area (Å²) in [6.45, 7) is 6.03. The first-order chi connectivity index (χ1) is 8.67. The Balaban J connectivity index is 2.42. The molecule has 0 aromatic heterocycles. The highest BCUT2D eigenvalue weighted by molar-refractivity contribution is 8.00. The Morgan fingerprint density at radius 3 is 2.33 bits per heavy atom. The molecular weight excluding hydrogens is 242 g/mol. The van der Waals surface area contributed by atoms with Gasteiger partial charge < -0.3 is 10.4 Å². The smallest absolute Gasteiger partial charge is 0.0914 e. The number of hydrogen-bond acceptors (Lipinski definition) is 3. The maximum absolute atomic E-state index is 10.1. The predicted molar refractivity (Wildman–Crippen MR) is 81.1 cm³/mol. The number of aliphatic hydroxyl groups excluding tert-OH is 1. The molecule has 1 rings (SSSR count). The van der Waals surface area contributed by atoms with Crippen molar-refractivity contribution in [3.05, 3.63) is 35.9 Å². The van der Waals surface area contributed by atoms with Gasteiger partial charge >= 0.3 is 0 Å². The van der Waals surface area contributed by atoms with Gasteiger partial charge in [0.25, 0.3) is 0 Å². The highest BCUT2D eigenvalue weighted by atomic mass is 32.2. The Morgan fingerprint density at radius 2 is 1.83 bits per heavy atom. The predicted octanol–water partition coefficient (Wildman–Crippen LogP) is 3.23. The molecule has 102 valence electrons. The molecule has 1 atom stereocenters. The second-order valence-corrected chi connectivity index (χ2v) is 5.93. The van der Waals surface area contributed by atoms with Crippen LogP contribution < -0.4 is 5.32 Å². The van der Waals surface area contributed by atoms with E-state index in [-0.39, 0.29) is 0 Å². The molecule has 0 saturated carbocycles. The molecule has 0 radical (unpaired) electrons. The first kappa shape index (κ1) is 15.5. The highest BCUT2D eigenvalue weighted by Gasteiger charge is 2.24. The van der Waals surface area contributed by atoms with E-state index in [9.17, 15) is 5.11 Å². The molecule has 0 amide bonds. The molecular formula is C15H25NOS. The summed E-state index contributed by atoms with van der Waals surface area (Å²) in [6, 6.07) is 9.82. The number of benzene rings is 1. The Bertz CT molecular complexity index is 316. The van der Waals surface area contributed by atoms with Crippen molar-refractivity contribution in [3.63, 3.8) is 0 Å². The minimum Gasteiger partial charge on any atom is -0.387 e. The molecule has 0 spiro atoms. The summed E-state index contributed by atoms with van der Waals surface area (Å²) >= 11 is 1.92. The standard InChI is InChI=1S/C15H25NOS/c1-4-15(5-2,18-3)12-16-11-14(17)13-9-7-6-8-10-13/h6-10,14,16-17H,4-5,11-12H2,1-3H3. The van der Waals surface area contributed by atoms with Crippen LogP contribution in [-0.2, 0) is 0 Å². The molecule has 3 heteroatoms. The van der Waals surface area contributed by atoms with E-state index in [1.54, 1.807) is 0 Å². The quantitative estimate of drug-likeness (QED) is 0.758.